The highest BCUT2D eigenvalue weighted by atomic mass is 32.1. The fraction of sp³-hybridized carbons (Fsp3) is 0.182. The van der Waals surface area contributed by atoms with Crippen molar-refractivity contribution in [2.45, 2.75) is 13.0 Å². The van der Waals surface area contributed by atoms with Crippen molar-refractivity contribution in [2.24, 2.45) is 0 Å². The normalized spacial score (nSPS) is 16.0. The SMILES string of the molecule is COC(=O)C1=C(C)N(C)c2sc(-c3ccccc3)c([O-])[n+]2C1c1ccc(F)cc1. The molecule has 7 heteroatoms. The first-order chi connectivity index (χ1) is 13.9. The number of ether oxygens (including phenoxy) is 1. The van der Waals surface area contributed by atoms with Gasteiger partial charge in [-0.2, -0.15) is 0 Å². The zero-order valence-corrected chi connectivity index (χ0v) is 17.0. The van der Waals surface area contributed by atoms with E-state index in [-0.39, 0.29) is 11.7 Å². The molecular formula is C22H19FN2O3S. The van der Waals surface area contributed by atoms with Crippen molar-refractivity contribution in [3.8, 4) is 16.3 Å². The first-order valence-corrected chi connectivity index (χ1v) is 9.84. The lowest BCUT2D eigenvalue weighted by Gasteiger charge is -2.29. The number of halogens is 1. The number of anilines is 1. The minimum atomic E-state index is -0.699. The van der Waals surface area contributed by atoms with Gasteiger partial charge < -0.3 is 9.84 Å². The molecule has 0 saturated carbocycles. The Bertz CT molecular complexity index is 1110. The quantitative estimate of drug-likeness (QED) is 0.491. The molecule has 0 spiro atoms. The number of carbonyl (C=O) groups is 1. The van der Waals surface area contributed by atoms with Crippen LogP contribution in [0.2, 0.25) is 0 Å². The number of carbonyl (C=O) groups excluding carboxylic acids is 1. The van der Waals surface area contributed by atoms with E-state index in [1.165, 1.54) is 30.6 Å². The molecule has 1 atom stereocenters. The summed E-state index contributed by atoms with van der Waals surface area (Å²) in [5.74, 6) is -1.11. The molecule has 0 amide bonds. The minimum Gasteiger partial charge on any atom is -0.841 e. The second-order valence-corrected chi connectivity index (χ2v) is 7.74. The lowest BCUT2D eigenvalue weighted by Crippen LogP contribution is -2.51. The predicted molar refractivity (Wildman–Crippen MR) is 107 cm³/mol. The van der Waals surface area contributed by atoms with E-state index in [9.17, 15) is 14.3 Å². The number of aromatic nitrogens is 1. The van der Waals surface area contributed by atoms with Crippen molar-refractivity contribution in [3.05, 3.63) is 77.2 Å². The van der Waals surface area contributed by atoms with Crippen LogP contribution in [-0.4, -0.2) is 20.1 Å². The van der Waals surface area contributed by atoms with Crippen molar-refractivity contribution in [1.82, 2.24) is 0 Å². The van der Waals surface area contributed by atoms with Crippen LogP contribution in [0.4, 0.5) is 9.52 Å². The van der Waals surface area contributed by atoms with Crippen LogP contribution in [0.3, 0.4) is 0 Å². The molecule has 5 nitrogen and oxygen atoms in total. The Labute approximate surface area is 171 Å². The highest BCUT2D eigenvalue weighted by Crippen LogP contribution is 2.43. The Hall–Kier alpha value is -3.19. The van der Waals surface area contributed by atoms with Gasteiger partial charge in [-0.15, -0.1) is 0 Å². The first kappa shape index (κ1) is 19.1. The van der Waals surface area contributed by atoms with Gasteiger partial charge in [-0.1, -0.05) is 42.5 Å². The Morgan fingerprint density at radius 2 is 1.83 bits per heavy atom. The van der Waals surface area contributed by atoms with E-state index in [4.69, 9.17) is 4.74 Å². The summed E-state index contributed by atoms with van der Waals surface area (Å²) in [6, 6.07) is 14.6. The fourth-order valence-corrected chi connectivity index (χ4v) is 4.77. The predicted octanol–water partition coefficient (Wildman–Crippen LogP) is 3.40. The summed E-state index contributed by atoms with van der Waals surface area (Å²) in [5, 5.41) is 14.2. The molecule has 1 unspecified atom stereocenters. The van der Waals surface area contributed by atoms with Gasteiger partial charge in [0, 0.05) is 5.56 Å². The van der Waals surface area contributed by atoms with Crippen LogP contribution in [0.25, 0.3) is 10.4 Å². The maximum absolute atomic E-state index is 13.5. The van der Waals surface area contributed by atoms with Crippen molar-refractivity contribution in [1.29, 1.82) is 0 Å². The highest BCUT2D eigenvalue weighted by molar-refractivity contribution is 7.18. The molecule has 1 aliphatic heterocycles. The number of allylic oxidation sites excluding steroid dienone is 1. The third-order valence-electron chi connectivity index (χ3n) is 5.15. The number of nitrogens with zero attached hydrogens (tertiary/aromatic N) is 2. The molecule has 0 saturated heterocycles. The van der Waals surface area contributed by atoms with Crippen LogP contribution in [0.5, 0.6) is 5.88 Å². The molecule has 0 aliphatic carbocycles. The van der Waals surface area contributed by atoms with Gasteiger partial charge in [-0.05, 0) is 36.0 Å². The lowest BCUT2D eigenvalue weighted by molar-refractivity contribution is -0.728. The molecule has 0 radical (unpaired) electrons. The first-order valence-electron chi connectivity index (χ1n) is 9.03. The molecular weight excluding hydrogens is 391 g/mol. The van der Waals surface area contributed by atoms with E-state index in [2.05, 4.69) is 0 Å². The Morgan fingerprint density at radius 3 is 2.45 bits per heavy atom. The molecule has 148 valence electrons. The maximum Gasteiger partial charge on any atom is 0.342 e. The largest absolute Gasteiger partial charge is 0.841 e. The summed E-state index contributed by atoms with van der Waals surface area (Å²) < 4.78 is 20.2. The minimum absolute atomic E-state index is 0.203. The van der Waals surface area contributed by atoms with Crippen molar-refractivity contribution < 1.29 is 23.6 Å². The van der Waals surface area contributed by atoms with E-state index < -0.39 is 12.0 Å². The van der Waals surface area contributed by atoms with Gasteiger partial charge in [0.1, 0.15) is 17.1 Å². The Balaban J connectivity index is 1.99. The molecule has 4 rings (SSSR count). The highest BCUT2D eigenvalue weighted by Gasteiger charge is 2.43. The Morgan fingerprint density at radius 1 is 1.17 bits per heavy atom. The molecule has 1 aromatic heterocycles. The standard InChI is InChI=1S/C22H19FN2O3S/c1-13-17(21(27)28-3)18(14-9-11-16(23)12-10-14)25-20(26)19(29-22(25)24(13)2)15-7-5-4-6-8-15/h4-12,18H,1-3H3. The lowest BCUT2D eigenvalue weighted by atomic mass is 9.95. The summed E-state index contributed by atoms with van der Waals surface area (Å²) in [5.41, 5.74) is 2.49. The molecule has 29 heavy (non-hydrogen) atoms. The molecule has 0 N–H and O–H groups in total. The van der Waals surface area contributed by atoms with Crippen molar-refractivity contribution in [3.63, 3.8) is 0 Å². The number of benzene rings is 2. The monoisotopic (exact) mass is 410 g/mol. The summed E-state index contributed by atoms with van der Waals surface area (Å²) in [6.45, 7) is 1.82. The van der Waals surface area contributed by atoms with Crippen molar-refractivity contribution >= 4 is 22.4 Å². The van der Waals surface area contributed by atoms with Gasteiger partial charge in [-0.3, -0.25) is 0 Å². The second kappa shape index (κ2) is 7.33. The van der Waals surface area contributed by atoms with E-state index >= 15 is 0 Å². The Kier molecular flexibility index (Phi) is 4.84. The van der Waals surface area contributed by atoms with Crippen LogP contribution in [-0.2, 0) is 9.53 Å². The third kappa shape index (κ3) is 3.07. The van der Waals surface area contributed by atoms with Gasteiger partial charge >= 0.3 is 11.1 Å². The van der Waals surface area contributed by atoms with Gasteiger partial charge in [0.25, 0.3) is 0 Å². The fourth-order valence-electron chi connectivity index (χ4n) is 3.59. The number of rotatable bonds is 3. The van der Waals surface area contributed by atoms with E-state index in [1.807, 2.05) is 49.2 Å². The zero-order valence-electron chi connectivity index (χ0n) is 16.2. The number of thiazole rings is 1. The molecule has 2 heterocycles. The zero-order chi connectivity index (χ0) is 20.7. The van der Waals surface area contributed by atoms with Gasteiger partial charge in [0.15, 0.2) is 6.04 Å². The van der Waals surface area contributed by atoms with Crippen molar-refractivity contribution in [2.75, 3.05) is 19.1 Å². The van der Waals surface area contributed by atoms with E-state index in [1.54, 1.807) is 16.7 Å². The van der Waals surface area contributed by atoms with Crippen LogP contribution in [0.1, 0.15) is 18.5 Å². The van der Waals surface area contributed by atoms with Gasteiger partial charge in [0.05, 0.1) is 24.9 Å². The van der Waals surface area contributed by atoms with Crippen LogP contribution in [0, 0.1) is 5.82 Å². The maximum atomic E-state index is 13.5. The second-order valence-electron chi connectivity index (χ2n) is 6.76. The van der Waals surface area contributed by atoms with Gasteiger partial charge in [0.2, 0.25) is 0 Å². The number of methoxy groups -OCH3 is 1. The summed E-state index contributed by atoms with van der Waals surface area (Å²) >= 11 is 1.37. The molecule has 2 aromatic carbocycles. The van der Waals surface area contributed by atoms with Gasteiger partial charge in [-0.25, -0.2) is 18.7 Å². The molecule has 3 aromatic rings. The molecule has 0 fully saturated rings. The van der Waals surface area contributed by atoms with E-state index in [0.29, 0.717) is 26.8 Å². The topological polar surface area (TPSA) is 56.5 Å². The summed E-state index contributed by atoms with van der Waals surface area (Å²) in [7, 11) is 3.13. The molecule has 1 aliphatic rings. The van der Waals surface area contributed by atoms with Crippen LogP contribution in [0.15, 0.2) is 65.9 Å². The number of esters is 1. The smallest absolute Gasteiger partial charge is 0.342 e. The third-order valence-corrected chi connectivity index (χ3v) is 6.42. The average Bonchev–Trinajstić information content (AvgIpc) is 3.08. The molecule has 0 bridgehead atoms. The van der Waals surface area contributed by atoms with Crippen LogP contribution < -0.4 is 14.6 Å². The van der Waals surface area contributed by atoms with Crippen LogP contribution >= 0.6 is 11.3 Å². The average molecular weight is 410 g/mol. The number of hydrogen-bond donors (Lipinski definition) is 0. The summed E-state index contributed by atoms with van der Waals surface area (Å²) in [4.78, 5) is 15.1. The number of hydrogen-bond acceptors (Lipinski definition) is 5. The summed E-state index contributed by atoms with van der Waals surface area (Å²) in [6.07, 6.45) is 0. The number of fused-ring (bicyclic) bond motifs is 1. The van der Waals surface area contributed by atoms with E-state index in [0.717, 1.165) is 5.56 Å².